The van der Waals surface area contributed by atoms with Crippen LogP contribution in [0.3, 0.4) is 0 Å². The van der Waals surface area contributed by atoms with Crippen LogP contribution in [0.25, 0.3) is 10.8 Å². The smallest absolute Gasteiger partial charge is 0.240 e. The van der Waals surface area contributed by atoms with E-state index < -0.39 is 6.04 Å². The lowest BCUT2D eigenvalue weighted by atomic mass is 10.0. The Morgan fingerprint density at radius 3 is 2.95 bits per heavy atom. The van der Waals surface area contributed by atoms with Crippen molar-refractivity contribution in [3.8, 4) is 0 Å². The Bertz CT molecular complexity index is 662. The second-order valence-electron chi connectivity index (χ2n) is 6.55. The Labute approximate surface area is 131 Å². The average Bonchev–Trinajstić information content (AvgIpc) is 3.14. The number of nitrogens with two attached hydrogens (primary N) is 1. The van der Waals surface area contributed by atoms with Gasteiger partial charge in [-0.3, -0.25) is 4.79 Å². The van der Waals surface area contributed by atoms with Gasteiger partial charge in [0.05, 0.1) is 12.3 Å². The van der Waals surface area contributed by atoms with Gasteiger partial charge >= 0.3 is 0 Å². The van der Waals surface area contributed by atoms with Gasteiger partial charge in [0.1, 0.15) is 5.76 Å². The maximum absolute atomic E-state index is 12.6. The van der Waals surface area contributed by atoms with Crippen molar-refractivity contribution in [2.24, 2.45) is 11.7 Å². The summed E-state index contributed by atoms with van der Waals surface area (Å²) in [5.41, 5.74) is 6.05. The summed E-state index contributed by atoms with van der Waals surface area (Å²) in [4.78, 5) is 14.5. The minimum atomic E-state index is -0.408. The Morgan fingerprint density at radius 1 is 1.41 bits per heavy atom. The average molecular weight is 300 g/mol. The van der Waals surface area contributed by atoms with Crippen LogP contribution in [0.4, 0.5) is 0 Å². The second kappa shape index (κ2) is 6.13. The summed E-state index contributed by atoms with van der Waals surface area (Å²) in [5.74, 6) is 1.21. The first-order valence-corrected chi connectivity index (χ1v) is 8.09. The van der Waals surface area contributed by atoms with E-state index in [9.17, 15) is 4.79 Å². The molecule has 1 saturated heterocycles. The van der Waals surface area contributed by atoms with Crippen LogP contribution in [0.15, 0.2) is 34.9 Å². The van der Waals surface area contributed by atoms with Crippen LogP contribution in [-0.4, -0.2) is 29.4 Å². The fourth-order valence-corrected chi connectivity index (χ4v) is 3.24. The Balaban J connectivity index is 1.78. The first-order valence-electron chi connectivity index (χ1n) is 8.09. The van der Waals surface area contributed by atoms with E-state index in [1.165, 1.54) is 0 Å². The van der Waals surface area contributed by atoms with Gasteiger partial charge in [-0.15, -0.1) is 0 Å². The number of hydrogen-bond donors (Lipinski definition) is 1. The first-order chi connectivity index (χ1) is 10.6. The standard InChI is InChI=1S/C18H24N2O2/c1-12(2)17(19)18(21)20-9-5-7-14(20)10-16-15-8-4-3-6-13(15)11-22-16/h3-4,6,8,11-12,14,17H,5,7,9-10,19H2,1-2H3/t14-,17-/m0/s1. The maximum atomic E-state index is 12.6. The van der Waals surface area contributed by atoms with E-state index in [0.717, 1.165) is 42.3 Å². The van der Waals surface area contributed by atoms with Crippen molar-refractivity contribution >= 4 is 16.7 Å². The third kappa shape index (κ3) is 2.75. The predicted octanol–water partition coefficient (Wildman–Crippen LogP) is 2.95. The molecule has 1 aliphatic rings. The van der Waals surface area contributed by atoms with E-state index in [1.54, 1.807) is 6.26 Å². The highest BCUT2D eigenvalue weighted by Gasteiger charge is 2.33. The van der Waals surface area contributed by atoms with E-state index in [2.05, 4.69) is 12.1 Å². The van der Waals surface area contributed by atoms with Crippen LogP contribution >= 0.6 is 0 Å². The number of benzene rings is 1. The SMILES string of the molecule is CC(C)[C@H](N)C(=O)N1CCC[C@H]1Cc1occ2ccccc12. The Morgan fingerprint density at radius 2 is 2.18 bits per heavy atom. The van der Waals surface area contributed by atoms with Gasteiger partial charge in [0, 0.05) is 29.8 Å². The van der Waals surface area contributed by atoms with Crippen molar-refractivity contribution in [2.75, 3.05) is 6.54 Å². The van der Waals surface area contributed by atoms with Crippen LogP contribution in [-0.2, 0) is 11.2 Å². The molecule has 1 fully saturated rings. The monoisotopic (exact) mass is 300 g/mol. The molecular weight excluding hydrogens is 276 g/mol. The number of amides is 1. The van der Waals surface area contributed by atoms with Gasteiger partial charge in [0.15, 0.2) is 0 Å². The molecule has 4 heteroatoms. The number of carbonyl (C=O) groups excluding carboxylic acids is 1. The molecule has 1 amide bonds. The lowest BCUT2D eigenvalue weighted by Crippen LogP contribution is -2.48. The molecule has 0 spiro atoms. The highest BCUT2D eigenvalue weighted by molar-refractivity contribution is 5.84. The normalized spacial score (nSPS) is 20.0. The van der Waals surface area contributed by atoms with Crippen molar-refractivity contribution < 1.29 is 9.21 Å². The summed E-state index contributed by atoms with van der Waals surface area (Å²) in [6.45, 7) is 4.80. The highest BCUT2D eigenvalue weighted by Crippen LogP contribution is 2.27. The molecule has 22 heavy (non-hydrogen) atoms. The molecule has 0 saturated carbocycles. The summed E-state index contributed by atoms with van der Waals surface area (Å²) in [5, 5.41) is 2.27. The summed E-state index contributed by atoms with van der Waals surface area (Å²) >= 11 is 0. The van der Waals surface area contributed by atoms with Gasteiger partial charge in [-0.1, -0.05) is 38.1 Å². The van der Waals surface area contributed by atoms with Crippen LogP contribution in [0, 0.1) is 5.92 Å². The topological polar surface area (TPSA) is 59.5 Å². The van der Waals surface area contributed by atoms with E-state index in [1.807, 2.05) is 30.9 Å². The number of furan rings is 1. The number of fused-ring (bicyclic) bond motifs is 1. The molecule has 2 aromatic rings. The molecular formula is C18H24N2O2. The molecule has 2 atom stereocenters. The Hall–Kier alpha value is -1.81. The van der Waals surface area contributed by atoms with Crippen molar-refractivity contribution in [1.82, 2.24) is 4.90 Å². The predicted molar refractivity (Wildman–Crippen MR) is 87.5 cm³/mol. The second-order valence-corrected chi connectivity index (χ2v) is 6.55. The van der Waals surface area contributed by atoms with Crippen LogP contribution in [0.1, 0.15) is 32.4 Å². The molecule has 3 rings (SSSR count). The summed E-state index contributed by atoms with van der Waals surface area (Å²) < 4.78 is 5.74. The maximum Gasteiger partial charge on any atom is 0.240 e. The third-order valence-electron chi connectivity index (χ3n) is 4.67. The lowest BCUT2D eigenvalue weighted by molar-refractivity contribution is -0.134. The fourth-order valence-electron chi connectivity index (χ4n) is 3.24. The van der Waals surface area contributed by atoms with Gasteiger partial charge in [0.25, 0.3) is 0 Å². The van der Waals surface area contributed by atoms with Gasteiger partial charge in [-0.25, -0.2) is 0 Å². The minimum absolute atomic E-state index is 0.0772. The van der Waals surface area contributed by atoms with E-state index in [-0.39, 0.29) is 17.9 Å². The third-order valence-corrected chi connectivity index (χ3v) is 4.67. The number of hydrogen-bond acceptors (Lipinski definition) is 3. The van der Waals surface area contributed by atoms with E-state index in [4.69, 9.17) is 10.2 Å². The summed E-state index contributed by atoms with van der Waals surface area (Å²) in [6, 6.07) is 7.95. The highest BCUT2D eigenvalue weighted by atomic mass is 16.3. The first kappa shape index (κ1) is 15.1. The zero-order valence-corrected chi connectivity index (χ0v) is 13.3. The zero-order valence-electron chi connectivity index (χ0n) is 13.3. The number of carbonyl (C=O) groups is 1. The van der Waals surface area contributed by atoms with Crippen LogP contribution < -0.4 is 5.73 Å². The van der Waals surface area contributed by atoms with Gasteiger partial charge in [-0.05, 0) is 18.8 Å². The minimum Gasteiger partial charge on any atom is -0.468 e. The van der Waals surface area contributed by atoms with Gasteiger partial charge in [0.2, 0.25) is 5.91 Å². The van der Waals surface area contributed by atoms with E-state index >= 15 is 0 Å². The van der Waals surface area contributed by atoms with Crippen molar-refractivity contribution in [3.05, 3.63) is 36.3 Å². The number of likely N-dealkylation sites (tertiary alicyclic amines) is 1. The largest absolute Gasteiger partial charge is 0.468 e. The van der Waals surface area contributed by atoms with Crippen molar-refractivity contribution in [2.45, 2.75) is 45.2 Å². The molecule has 1 aliphatic heterocycles. The Kier molecular flexibility index (Phi) is 4.21. The molecule has 0 radical (unpaired) electrons. The quantitative estimate of drug-likeness (QED) is 0.944. The van der Waals surface area contributed by atoms with Gasteiger partial charge < -0.3 is 15.1 Å². The molecule has 0 unspecified atom stereocenters. The van der Waals surface area contributed by atoms with Crippen molar-refractivity contribution in [1.29, 1.82) is 0 Å². The van der Waals surface area contributed by atoms with Gasteiger partial charge in [-0.2, -0.15) is 0 Å². The molecule has 2 heterocycles. The van der Waals surface area contributed by atoms with E-state index in [0.29, 0.717) is 0 Å². The molecule has 4 nitrogen and oxygen atoms in total. The molecule has 2 N–H and O–H groups in total. The summed E-state index contributed by atoms with van der Waals surface area (Å²) in [7, 11) is 0. The molecule has 0 aliphatic carbocycles. The zero-order chi connectivity index (χ0) is 15.7. The lowest BCUT2D eigenvalue weighted by Gasteiger charge is -2.28. The fraction of sp³-hybridized carbons (Fsp3) is 0.500. The van der Waals surface area contributed by atoms with Crippen LogP contribution in [0.5, 0.6) is 0 Å². The molecule has 0 bridgehead atoms. The number of nitrogens with zero attached hydrogens (tertiary/aromatic N) is 1. The van der Waals surface area contributed by atoms with Crippen LogP contribution in [0.2, 0.25) is 0 Å². The van der Waals surface area contributed by atoms with Crippen molar-refractivity contribution in [3.63, 3.8) is 0 Å². The molecule has 118 valence electrons. The molecule has 1 aromatic heterocycles. The number of rotatable bonds is 4. The molecule has 1 aromatic carbocycles. The summed E-state index contributed by atoms with van der Waals surface area (Å²) in [6.07, 6.45) is 4.63.